The van der Waals surface area contributed by atoms with E-state index < -0.39 is 13.0 Å². The molecule has 1 heterocycles. The highest BCUT2D eigenvalue weighted by Gasteiger charge is 2.45. The normalized spacial score (nSPS) is 25.8. The van der Waals surface area contributed by atoms with Crippen LogP contribution in [0.15, 0.2) is 30.3 Å². The van der Waals surface area contributed by atoms with Crippen molar-refractivity contribution in [3.63, 3.8) is 0 Å². The quantitative estimate of drug-likeness (QED) is 0.786. The van der Waals surface area contributed by atoms with Gasteiger partial charge in [0.1, 0.15) is 0 Å². The van der Waals surface area contributed by atoms with Crippen LogP contribution in [0.5, 0.6) is 0 Å². The van der Waals surface area contributed by atoms with Gasteiger partial charge in [-0.25, -0.2) is 9.36 Å². The van der Waals surface area contributed by atoms with Crippen LogP contribution >= 0.6 is 18.2 Å². The van der Waals surface area contributed by atoms with Crippen molar-refractivity contribution in [3.8, 4) is 0 Å². The van der Waals surface area contributed by atoms with Crippen LogP contribution in [0, 0.1) is 0 Å². The fourth-order valence-corrected chi connectivity index (χ4v) is 2.75. The van der Waals surface area contributed by atoms with Crippen molar-refractivity contribution in [3.05, 3.63) is 35.9 Å². The van der Waals surface area contributed by atoms with E-state index in [2.05, 4.69) is 4.52 Å². The summed E-state index contributed by atoms with van der Waals surface area (Å²) in [4.78, 5) is 11.5. The van der Waals surface area contributed by atoms with Crippen LogP contribution in [0.25, 0.3) is 0 Å². The summed E-state index contributed by atoms with van der Waals surface area (Å²) in [7, 11) is 0. The Labute approximate surface area is 104 Å². The van der Waals surface area contributed by atoms with Crippen molar-refractivity contribution in [2.24, 2.45) is 0 Å². The van der Waals surface area contributed by atoms with Crippen molar-refractivity contribution in [2.45, 2.75) is 19.4 Å². The van der Waals surface area contributed by atoms with E-state index >= 15 is 0 Å². The molecule has 2 unspecified atom stereocenters. The van der Waals surface area contributed by atoms with E-state index in [0.717, 1.165) is 10.6 Å². The summed E-state index contributed by atoms with van der Waals surface area (Å²) < 4.78 is 20.6. The average molecular weight is 276 g/mol. The number of hydrogen-bond acceptors (Lipinski definition) is 4. The molecule has 0 bridgehead atoms. The van der Waals surface area contributed by atoms with Crippen molar-refractivity contribution in [1.29, 1.82) is 0 Å². The van der Waals surface area contributed by atoms with Gasteiger partial charge in [0, 0.05) is 11.2 Å². The third-order valence-corrected chi connectivity index (χ3v) is 3.54. The van der Waals surface area contributed by atoms with Gasteiger partial charge in [0.15, 0.2) is 0 Å². The Morgan fingerprint density at radius 3 is 2.53 bits per heavy atom. The molecule has 1 aliphatic heterocycles. The minimum atomic E-state index is -3.79. The number of halogens is 1. The van der Waals surface area contributed by atoms with Crippen molar-refractivity contribution in [1.82, 2.24) is 5.06 Å². The first-order chi connectivity index (χ1) is 8.03. The lowest BCUT2D eigenvalue weighted by atomic mass is 10.0. The fraction of sp³-hybridized carbons (Fsp3) is 0.300. The highest BCUT2D eigenvalue weighted by atomic mass is 35.7. The number of nitrogens with zero attached hydrogens (tertiary/aromatic N) is 1. The standard InChI is InChI=1S/C10H11ClNO4P/c1-2-9(8-6-4-3-5-7-8)12-10(13)15-17(11,14)16-12/h3-7,9H,2H2,1H3. The van der Waals surface area contributed by atoms with Gasteiger partial charge in [-0.05, 0) is 12.0 Å². The molecule has 0 saturated carbocycles. The molecule has 2 atom stereocenters. The molecule has 7 heteroatoms. The number of hydroxylamine groups is 2. The highest BCUT2D eigenvalue weighted by Crippen LogP contribution is 2.60. The lowest BCUT2D eigenvalue weighted by Gasteiger charge is -2.21. The maximum atomic E-state index is 11.5. The number of rotatable bonds is 3. The zero-order chi connectivity index (χ0) is 12.5. The second-order valence-electron chi connectivity index (χ2n) is 3.53. The van der Waals surface area contributed by atoms with Crippen LogP contribution in [0.4, 0.5) is 4.79 Å². The molecule has 0 aromatic heterocycles. The molecular formula is C10H11ClNO4P. The minimum Gasteiger partial charge on any atom is -0.360 e. The zero-order valence-electron chi connectivity index (χ0n) is 9.08. The number of carbonyl (C=O) groups excluding carboxylic acids is 1. The molecule has 1 fully saturated rings. The highest BCUT2D eigenvalue weighted by molar-refractivity contribution is 7.81. The summed E-state index contributed by atoms with van der Waals surface area (Å²) >= 11 is 5.39. The smallest absolute Gasteiger partial charge is 0.360 e. The van der Waals surface area contributed by atoms with Crippen LogP contribution < -0.4 is 0 Å². The predicted molar refractivity (Wildman–Crippen MR) is 62.3 cm³/mol. The topological polar surface area (TPSA) is 55.8 Å². The van der Waals surface area contributed by atoms with Crippen molar-refractivity contribution in [2.75, 3.05) is 0 Å². The second kappa shape index (κ2) is 4.69. The first kappa shape index (κ1) is 12.4. The molecule has 0 aliphatic carbocycles. The Hall–Kier alpha value is -1.03. The fourth-order valence-electron chi connectivity index (χ4n) is 1.68. The van der Waals surface area contributed by atoms with Gasteiger partial charge >= 0.3 is 13.0 Å². The van der Waals surface area contributed by atoms with Crippen molar-refractivity contribution >= 4 is 24.3 Å². The van der Waals surface area contributed by atoms with E-state index in [4.69, 9.17) is 15.9 Å². The molecule has 0 radical (unpaired) electrons. The number of benzene rings is 1. The monoisotopic (exact) mass is 275 g/mol. The second-order valence-corrected chi connectivity index (χ2v) is 5.98. The number of hydrogen-bond donors (Lipinski definition) is 0. The molecule has 1 amide bonds. The predicted octanol–water partition coefficient (Wildman–Crippen LogP) is 3.87. The van der Waals surface area contributed by atoms with Gasteiger partial charge in [-0.3, -0.25) is 0 Å². The maximum absolute atomic E-state index is 11.5. The molecule has 0 N–H and O–H groups in total. The maximum Gasteiger partial charge on any atom is 0.501 e. The van der Waals surface area contributed by atoms with Gasteiger partial charge in [0.05, 0.1) is 6.04 Å². The van der Waals surface area contributed by atoms with Gasteiger partial charge < -0.3 is 4.52 Å². The molecule has 92 valence electrons. The summed E-state index contributed by atoms with van der Waals surface area (Å²) in [6, 6.07) is 8.90. The molecule has 0 spiro atoms. The van der Waals surface area contributed by atoms with Gasteiger partial charge in [0.2, 0.25) is 0 Å². The van der Waals surface area contributed by atoms with Crippen LogP contribution in [-0.2, 0) is 13.7 Å². The minimum absolute atomic E-state index is 0.363. The van der Waals surface area contributed by atoms with E-state index in [9.17, 15) is 9.36 Å². The molecule has 1 aromatic carbocycles. The van der Waals surface area contributed by atoms with E-state index in [1.54, 1.807) is 0 Å². The molecule has 1 aliphatic rings. The molecule has 2 rings (SSSR count). The third kappa shape index (κ3) is 2.63. The molecule has 17 heavy (non-hydrogen) atoms. The largest absolute Gasteiger partial charge is 0.501 e. The Bertz CT molecular complexity index is 467. The lowest BCUT2D eigenvalue weighted by molar-refractivity contribution is -0.0303. The Morgan fingerprint density at radius 2 is 2.06 bits per heavy atom. The zero-order valence-corrected chi connectivity index (χ0v) is 10.7. The summed E-state index contributed by atoms with van der Waals surface area (Å²) in [5, 5.41) is 0.934. The summed E-state index contributed by atoms with van der Waals surface area (Å²) in [5.41, 5.74) is 0.866. The van der Waals surface area contributed by atoms with Gasteiger partial charge in [-0.2, -0.15) is 9.69 Å². The summed E-state index contributed by atoms with van der Waals surface area (Å²) in [6.07, 6.45) is -0.227. The lowest BCUT2D eigenvalue weighted by Crippen LogP contribution is -2.27. The molecule has 1 saturated heterocycles. The van der Waals surface area contributed by atoms with E-state index in [0.29, 0.717) is 6.42 Å². The summed E-state index contributed by atoms with van der Waals surface area (Å²) in [6.45, 7) is -1.91. The average Bonchev–Trinajstić information content (AvgIpc) is 2.55. The van der Waals surface area contributed by atoms with E-state index in [1.807, 2.05) is 37.3 Å². The van der Waals surface area contributed by atoms with E-state index in [-0.39, 0.29) is 6.04 Å². The van der Waals surface area contributed by atoms with Gasteiger partial charge in [0.25, 0.3) is 0 Å². The number of amides is 1. The third-order valence-electron chi connectivity index (χ3n) is 2.41. The number of carbonyl (C=O) groups is 1. The molecule has 5 nitrogen and oxygen atoms in total. The van der Waals surface area contributed by atoms with Crippen LogP contribution in [0.1, 0.15) is 24.9 Å². The van der Waals surface area contributed by atoms with Crippen LogP contribution in [0.3, 0.4) is 0 Å². The molecular weight excluding hydrogens is 265 g/mol. The van der Waals surface area contributed by atoms with E-state index in [1.165, 1.54) is 0 Å². The Balaban J connectivity index is 2.26. The van der Waals surface area contributed by atoms with Crippen molar-refractivity contribution < 1.29 is 18.5 Å². The Morgan fingerprint density at radius 1 is 1.41 bits per heavy atom. The SMILES string of the molecule is CCC(c1ccccc1)N1OP(=O)(Cl)OC1=O. The van der Waals surface area contributed by atoms with Crippen LogP contribution in [-0.4, -0.2) is 11.2 Å². The summed E-state index contributed by atoms with van der Waals surface area (Å²) in [5.74, 6) is 0. The van der Waals surface area contributed by atoms with Gasteiger partial charge in [-0.15, -0.1) is 0 Å². The van der Waals surface area contributed by atoms with Crippen LogP contribution in [0.2, 0.25) is 0 Å². The first-order valence-electron chi connectivity index (χ1n) is 5.10. The molecule has 1 aromatic rings. The first-order valence-corrected chi connectivity index (χ1v) is 7.55. The van der Waals surface area contributed by atoms with Gasteiger partial charge in [-0.1, -0.05) is 37.3 Å². The Kier molecular flexibility index (Phi) is 3.43.